The van der Waals surface area contributed by atoms with Crippen molar-refractivity contribution in [3.63, 3.8) is 0 Å². The average Bonchev–Trinajstić information content (AvgIpc) is 3.92. The summed E-state index contributed by atoms with van der Waals surface area (Å²) in [6.07, 6.45) is 1.06. The maximum atomic E-state index is 14.3. The van der Waals surface area contributed by atoms with Crippen LogP contribution in [0.25, 0.3) is 0 Å². The first-order chi connectivity index (χ1) is 27.6. The molecule has 16 heteroatoms. The van der Waals surface area contributed by atoms with Gasteiger partial charge in [-0.05, 0) is 64.2 Å². The van der Waals surface area contributed by atoms with E-state index < -0.39 is 113 Å². The molecule has 59 heavy (non-hydrogen) atoms. The molecule has 0 unspecified atom stereocenters. The fraction of sp³-hybridized carbons (Fsp3) is 0.837. The van der Waals surface area contributed by atoms with Gasteiger partial charge in [-0.15, -0.1) is 0 Å². The highest BCUT2D eigenvalue weighted by molar-refractivity contribution is 5.72. The third-order valence-electron chi connectivity index (χ3n) is 14.7. The van der Waals surface area contributed by atoms with Crippen molar-refractivity contribution in [2.24, 2.45) is 35.5 Å². The van der Waals surface area contributed by atoms with Gasteiger partial charge in [0.15, 0.2) is 34.8 Å². The summed E-state index contributed by atoms with van der Waals surface area (Å²) < 4.78 is 114. The maximum Gasteiger partial charge on any atom is 0.311 e. The fourth-order valence-electron chi connectivity index (χ4n) is 11.0. The number of aliphatic hydroxyl groups excluding tert-OH is 2. The highest BCUT2D eigenvalue weighted by Crippen LogP contribution is 2.55. The molecule has 5 fully saturated rings. The van der Waals surface area contributed by atoms with Crippen LogP contribution in [0.3, 0.4) is 0 Å². The van der Waals surface area contributed by atoms with Gasteiger partial charge in [0.1, 0.15) is 6.61 Å². The van der Waals surface area contributed by atoms with E-state index >= 15 is 0 Å². The van der Waals surface area contributed by atoms with E-state index in [1.807, 2.05) is 20.8 Å². The van der Waals surface area contributed by atoms with E-state index in [0.29, 0.717) is 32.1 Å². The van der Waals surface area contributed by atoms with Crippen LogP contribution in [0.2, 0.25) is 0 Å². The van der Waals surface area contributed by atoms with E-state index in [1.165, 1.54) is 14.0 Å². The topological polar surface area (TPSA) is 142 Å². The Hall–Kier alpha value is -2.02. The summed E-state index contributed by atoms with van der Waals surface area (Å²) in [5.41, 5.74) is -2.67. The van der Waals surface area contributed by atoms with Gasteiger partial charge in [-0.2, -0.15) is 0 Å². The Bertz CT molecular complexity index is 1660. The van der Waals surface area contributed by atoms with Crippen LogP contribution in [-0.4, -0.2) is 101 Å². The standard InChI is InChI=1S/C43H63F5O11/c1-10-41(38-21(3)16-28(55-38)35-20(2)15-22(4)43(52,19-49)58-35)12-11-29(56-41)40(8)13-14-42(59-40)17-27(50)23(5)37(57-42)24(6)36(53-9)25(7)39(51)54-18-26-30(44)32(46)34(48)33(47)31(26)45/h20-25,27-29,35-38,49-50,52H,10-19H2,1-9H3/t20-,21-,22+,23+,24-,25-,27-,28+,29+,35-,36+,37-,38+,40-,41-,42+,43-/m0/s1. The summed E-state index contributed by atoms with van der Waals surface area (Å²) >= 11 is 0. The summed E-state index contributed by atoms with van der Waals surface area (Å²) in [6, 6.07) is 0. The number of ether oxygens (including phenoxy) is 7. The lowest BCUT2D eigenvalue weighted by atomic mass is 9.78. The molecule has 0 radical (unpaired) electrons. The molecular formula is C43H63F5O11. The second kappa shape index (κ2) is 17.3. The monoisotopic (exact) mass is 850 g/mol. The molecule has 0 bridgehead atoms. The van der Waals surface area contributed by atoms with Gasteiger partial charge in [-0.3, -0.25) is 4.79 Å². The highest BCUT2D eigenvalue weighted by atomic mass is 19.2. The molecule has 17 atom stereocenters. The molecule has 1 aromatic carbocycles. The van der Waals surface area contributed by atoms with Crippen LogP contribution in [-0.2, 0) is 44.6 Å². The highest BCUT2D eigenvalue weighted by Gasteiger charge is 2.62. The smallest absolute Gasteiger partial charge is 0.311 e. The average molecular weight is 851 g/mol. The van der Waals surface area contributed by atoms with Gasteiger partial charge in [0.05, 0.1) is 72.0 Å². The minimum absolute atomic E-state index is 0.116. The summed E-state index contributed by atoms with van der Waals surface area (Å²) in [4.78, 5) is 13.2. The van der Waals surface area contributed by atoms with Crippen molar-refractivity contribution >= 4 is 5.97 Å². The molecule has 5 aliphatic heterocycles. The molecule has 5 aliphatic rings. The molecule has 336 valence electrons. The summed E-state index contributed by atoms with van der Waals surface area (Å²) in [5.74, 6) is -16.6. The van der Waals surface area contributed by atoms with Crippen LogP contribution in [0.4, 0.5) is 22.0 Å². The third-order valence-corrected chi connectivity index (χ3v) is 14.7. The van der Waals surface area contributed by atoms with E-state index in [0.717, 1.165) is 12.8 Å². The Balaban J connectivity index is 1.12. The zero-order valence-electron chi connectivity index (χ0n) is 35.6. The maximum absolute atomic E-state index is 14.3. The number of hydrogen-bond donors (Lipinski definition) is 3. The zero-order chi connectivity index (χ0) is 43.6. The number of carbonyl (C=O) groups is 1. The second-order valence-electron chi connectivity index (χ2n) is 18.6. The quantitative estimate of drug-likeness (QED) is 0.0904. The Labute approximate surface area is 343 Å². The number of aliphatic hydroxyl groups is 3. The first kappa shape index (κ1) is 46.5. The van der Waals surface area contributed by atoms with Gasteiger partial charge in [0.25, 0.3) is 0 Å². The predicted molar refractivity (Wildman–Crippen MR) is 201 cm³/mol. The number of halogens is 5. The molecular weight excluding hydrogens is 787 g/mol. The summed E-state index contributed by atoms with van der Waals surface area (Å²) in [5, 5.41) is 32.4. The van der Waals surface area contributed by atoms with Crippen LogP contribution < -0.4 is 0 Å². The van der Waals surface area contributed by atoms with Gasteiger partial charge >= 0.3 is 5.97 Å². The van der Waals surface area contributed by atoms with Crippen LogP contribution in [0.1, 0.15) is 112 Å². The number of hydrogen-bond acceptors (Lipinski definition) is 11. The van der Waals surface area contributed by atoms with Crippen LogP contribution in [0.5, 0.6) is 0 Å². The molecule has 5 saturated heterocycles. The number of rotatable bonds is 12. The van der Waals surface area contributed by atoms with Crippen LogP contribution >= 0.6 is 0 Å². The number of carbonyl (C=O) groups excluding carboxylic acids is 1. The van der Waals surface area contributed by atoms with Crippen molar-refractivity contribution in [1.29, 1.82) is 0 Å². The Kier molecular flexibility index (Phi) is 13.6. The Morgan fingerprint density at radius 2 is 1.56 bits per heavy atom. The third kappa shape index (κ3) is 8.32. The van der Waals surface area contributed by atoms with Crippen molar-refractivity contribution in [1.82, 2.24) is 0 Å². The van der Waals surface area contributed by atoms with Crippen molar-refractivity contribution in [3.8, 4) is 0 Å². The normalized spacial score (nSPS) is 42.9. The van der Waals surface area contributed by atoms with Crippen molar-refractivity contribution in [2.75, 3.05) is 13.7 Å². The summed E-state index contributed by atoms with van der Waals surface area (Å²) in [7, 11) is 1.37. The van der Waals surface area contributed by atoms with Crippen molar-refractivity contribution < 1.29 is 75.2 Å². The van der Waals surface area contributed by atoms with Crippen molar-refractivity contribution in [2.45, 2.75) is 179 Å². The first-order valence-corrected chi connectivity index (χ1v) is 21.2. The summed E-state index contributed by atoms with van der Waals surface area (Å²) in [6.45, 7) is 13.6. The molecule has 1 spiro atoms. The Morgan fingerprint density at radius 3 is 2.17 bits per heavy atom. The van der Waals surface area contributed by atoms with Gasteiger partial charge in [0, 0.05) is 37.7 Å². The van der Waals surface area contributed by atoms with E-state index in [1.54, 1.807) is 6.92 Å². The first-order valence-electron chi connectivity index (χ1n) is 21.2. The number of methoxy groups -OCH3 is 1. The largest absolute Gasteiger partial charge is 0.460 e. The molecule has 0 aromatic heterocycles. The van der Waals surface area contributed by atoms with E-state index in [4.69, 9.17) is 33.2 Å². The lowest BCUT2D eigenvalue weighted by molar-refractivity contribution is -0.336. The molecule has 0 amide bonds. The van der Waals surface area contributed by atoms with E-state index in [2.05, 4.69) is 20.8 Å². The van der Waals surface area contributed by atoms with Crippen molar-refractivity contribution in [3.05, 3.63) is 34.6 Å². The lowest BCUT2D eigenvalue weighted by Crippen LogP contribution is -2.57. The zero-order valence-corrected chi connectivity index (χ0v) is 35.6. The molecule has 11 nitrogen and oxygen atoms in total. The lowest BCUT2D eigenvalue weighted by Gasteiger charge is -2.49. The SMILES string of the molecule is CC[C@@]1([C@@H]2O[C@@H]([C@H]3O[C@@](O)(CO)[C@H](C)C[C@@H]3C)C[C@@H]2C)CC[C@H]([C@]2(C)CC[C@]3(C[C@H](O)[C@@H](C)[C@@H]([C@@H](C)[C@@H](OC)[C@H](C)C(=O)OCc4c(F)c(F)c(F)c(F)c4F)O3)O2)O1. The molecule has 6 rings (SSSR count). The minimum Gasteiger partial charge on any atom is -0.460 e. The fourth-order valence-corrected chi connectivity index (χ4v) is 11.0. The molecule has 0 saturated carbocycles. The number of esters is 1. The molecule has 1 aromatic rings. The van der Waals surface area contributed by atoms with Gasteiger partial charge in [0.2, 0.25) is 5.82 Å². The second-order valence-corrected chi connectivity index (χ2v) is 18.6. The van der Waals surface area contributed by atoms with Gasteiger partial charge < -0.3 is 48.5 Å². The van der Waals surface area contributed by atoms with Crippen LogP contribution in [0, 0.1) is 64.6 Å². The number of benzene rings is 1. The van der Waals surface area contributed by atoms with Crippen LogP contribution in [0.15, 0.2) is 0 Å². The predicted octanol–water partition coefficient (Wildman–Crippen LogP) is 6.63. The van der Waals surface area contributed by atoms with Gasteiger partial charge in [-0.25, -0.2) is 22.0 Å². The minimum atomic E-state index is -2.31. The van der Waals surface area contributed by atoms with Gasteiger partial charge in [-0.1, -0.05) is 41.5 Å². The molecule has 0 aliphatic carbocycles. The molecule has 5 heterocycles. The molecule has 3 N–H and O–H groups in total. The Morgan fingerprint density at radius 1 is 0.915 bits per heavy atom. The van der Waals surface area contributed by atoms with E-state index in [-0.39, 0.29) is 48.6 Å². The van der Waals surface area contributed by atoms with E-state index in [9.17, 15) is 42.1 Å².